The molecule has 0 saturated carbocycles. The summed E-state index contributed by atoms with van der Waals surface area (Å²) in [6.07, 6.45) is 7.05. The molecule has 4 nitrogen and oxygen atoms in total. The second-order valence-corrected chi connectivity index (χ2v) is 15.2. The zero-order valence-electron chi connectivity index (χ0n) is 32.3. The molecule has 1 heterocycles. The molecule has 0 amide bonds. The number of aliphatic imine (C=N–C) groups is 1. The Morgan fingerprint density at radius 2 is 1.60 bits per heavy atom. The second-order valence-electron chi connectivity index (χ2n) is 14.7. The number of thiol groups is 1. The highest BCUT2D eigenvalue weighted by Gasteiger charge is 2.32. The third-order valence-corrected chi connectivity index (χ3v) is 10.8. The summed E-state index contributed by atoms with van der Waals surface area (Å²) in [5.41, 5.74) is 14.0. The van der Waals surface area contributed by atoms with Gasteiger partial charge in [-0.15, -0.1) is 12.6 Å². The maximum Gasteiger partial charge on any atom is 0.0991 e. The Labute approximate surface area is 323 Å². The van der Waals surface area contributed by atoms with Crippen molar-refractivity contribution in [3.63, 3.8) is 0 Å². The molecule has 0 spiro atoms. The number of nitriles is 1. The summed E-state index contributed by atoms with van der Waals surface area (Å²) in [6, 6.07) is 32.0. The molecule has 2 unspecified atom stereocenters. The Morgan fingerprint density at radius 1 is 0.943 bits per heavy atom. The monoisotopic (exact) mass is 718 g/mol. The molecule has 0 saturated heterocycles. The van der Waals surface area contributed by atoms with Crippen LogP contribution in [0.4, 0.5) is 17.1 Å². The maximum absolute atomic E-state index is 9.84. The molecule has 53 heavy (non-hydrogen) atoms. The van der Waals surface area contributed by atoms with Crippen molar-refractivity contribution in [2.24, 2.45) is 4.99 Å². The Hall–Kier alpha value is -5.05. The molecule has 1 N–H and O–H groups in total. The fourth-order valence-corrected chi connectivity index (χ4v) is 7.44. The van der Waals surface area contributed by atoms with Gasteiger partial charge in [-0.25, -0.2) is 0 Å². The molecule has 0 radical (unpaired) electrons. The molecule has 272 valence electrons. The van der Waals surface area contributed by atoms with E-state index in [-0.39, 0.29) is 12.0 Å². The van der Waals surface area contributed by atoms with E-state index in [1.807, 2.05) is 24.3 Å². The zero-order valence-corrected chi connectivity index (χ0v) is 33.2. The first-order chi connectivity index (χ1) is 25.4. The van der Waals surface area contributed by atoms with Crippen LogP contribution >= 0.6 is 12.6 Å². The van der Waals surface area contributed by atoms with E-state index in [4.69, 9.17) is 4.99 Å². The first kappa shape index (κ1) is 39.2. The van der Waals surface area contributed by atoms with Gasteiger partial charge < -0.3 is 10.2 Å². The molecule has 1 aliphatic heterocycles. The van der Waals surface area contributed by atoms with Crippen LogP contribution in [0.1, 0.15) is 106 Å². The molecule has 1 aliphatic rings. The van der Waals surface area contributed by atoms with Crippen molar-refractivity contribution in [2.45, 2.75) is 84.1 Å². The van der Waals surface area contributed by atoms with Gasteiger partial charge in [-0.05, 0) is 106 Å². The third kappa shape index (κ3) is 9.13. The van der Waals surface area contributed by atoms with Crippen molar-refractivity contribution in [3.8, 4) is 17.2 Å². The van der Waals surface area contributed by atoms with Crippen LogP contribution in [0.15, 0.2) is 138 Å². The van der Waals surface area contributed by atoms with Crippen LogP contribution in [-0.2, 0) is 0 Å². The van der Waals surface area contributed by atoms with Gasteiger partial charge in [0.2, 0.25) is 0 Å². The number of nitrogens with one attached hydrogen (secondary N) is 1. The van der Waals surface area contributed by atoms with Gasteiger partial charge in [0.15, 0.2) is 0 Å². The van der Waals surface area contributed by atoms with Crippen LogP contribution in [-0.4, -0.2) is 18.8 Å². The van der Waals surface area contributed by atoms with Crippen molar-refractivity contribution in [1.29, 1.82) is 5.26 Å². The van der Waals surface area contributed by atoms with Crippen LogP contribution in [0.5, 0.6) is 0 Å². The quantitative estimate of drug-likeness (QED) is 0.0950. The summed E-state index contributed by atoms with van der Waals surface area (Å²) >= 11 is 4.60. The number of benzene rings is 4. The van der Waals surface area contributed by atoms with E-state index in [1.54, 1.807) is 0 Å². The second kappa shape index (κ2) is 17.6. The number of para-hydroxylation sites is 2. The van der Waals surface area contributed by atoms with Gasteiger partial charge in [0.1, 0.15) is 0 Å². The lowest BCUT2D eigenvalue weighted by Crippen LogP contribution is -2.29. The molecule has 2 atom stereocenters. The average molecular weight is 719 g/mol. The Bertz CT molecular complexity index is 2050. The highest BCUT2D eigenvalue weighted by atomic mass is 32.1. The first-order valence-corrected chi connectivity index (χ1v) is 19.2. The lowest BCUT2D eigenvalue weighted by atomic mass is 9.78. The van der Waals surface area contributed by atoms with Crippen LogP contribution in [0.25, 0.3) is 11.1 Å². The lowest BCUT2D eigenvalue weighted by molar-refractivity contribution is 0.490. The standard InChI is InChI=1S/C48H54N4S/c1-10-38(53)25-33(7)21-23-40-43-27-35(30-49)22-24-39(43)44(11-2)50-46(40)26-34(8)52(9)47-20-16-15-19-45(47)51-48-41(31(3)4)28-37(29-42(48)32(5)6)36-17-13-12-14-18-36/h11-20,22,24-25,27-29,31-32,40,46,51,53H,2,7-8,10,21,23,26H2,1,3-6,9H3/b38-25+. The van der Waals surface area contributed by atoms with Gasteiger partial charge in [-0.2, -0.15) is 5.26 Å². The van der Waals surface area contributed by atoms with E-state index in [0.717, 1.165) is 63.7 Å². The predicted octanol–water partition coefficient (Wildman–Crippen LogP) is 13.3. The smallest absolute Gasteiger partial charge is 0.0991 e. The molecule has 4 aromatic rings. The molecule has 0 bridgehead atoms. The van der Waals surface area contributed by atoms with Crippen LogP contribution in [0.3, 0.4) is 0 Å². The van der Waals surface area contributed by atoms with Crippen LogP contribution < -0.4 is 10.2 Å². The number of allylic oxidation sites excluding steroid dienone is 4. The summed E-state index contributed by atoms with van der Waals surface area (Å²) < 4.78 is 0. The van der Waals surface area contributed by atoms with E-state index in [1.165, 1.54) is 27.9 Å². The van der Waals surface area contributed by atoms with Gasteiger partial charge in [-0.1, -0.05) is 115 Å². The number of anilines is 3. The van der Waals surface area contributed by atoms with Crippen LogP contribution in [0, 0.1) is 11.3 Å². The van der Waals surface area contributed by atoms with Gasteiger partial charge in [0, 0.05) is 36.3 Å². The summed E-state index contributed by atoms with van der Waals surface area (Å²) in [5.74, 6) is 0.702. The van der Waals surface area contributed by atoms with E-state index >= 15 is 0 Å². The molecule has 0 aliphatic carbocycles. The fraction of sp³-hybridized carbons (Fsp3) is 0.292. The van der Waals surface area contributed by atoms with Crippen LogP contribution in [0.2, 0.25) is 0 Å². The Balaban J connectivity index is 1.48. The van der Waals surface area contributed by atoms with Gasteiger partial charge in [0.25, 0.3) is 0 Å². The highest BCUT2D eigenvalue weighted by molar-refractivity contribution is 7.84. The van der Waals surface area contributed by atoms with Crippen molar-refractivity contribution in [3.05, 3.63) is 161 Å². The molecule has 4 aromatic carbocycles. The first-order valence-electron chi connectivity index (χ1n) is 18.8. The van der Waals surface area contributed by atoms with E-state index in [9.17, 15) is 5.26 Å². The highest BCUT2D eigenvalue weighted by Crippen LogP contribution is 2.42. The summed E-state index contributed by atoms with van der Waals surface area (Å²) in [4.78, 5) is 8.50. The molecular weight excluding hydrogens is 665 g/mol. The topological polar surface area (TPSA) is 51.4 Å². The van der Waals surface area contributed by atoms with Crippen molar-refractivity contribution in [1.82, 2.24) is 0 Å². The summed E-state index contributed by atoms with van der Waals surface area (Å²) in [5, 5.41) is 13.8. The van der Waals surface area contributed by atoms with E-state index in [2.05, 4.69) is 163 Å². The Morgan fingerprint density at radius 3 is 2.23 bits per heavy atom. The van der Waals surface area contributed by atoms with E-state index in [0.29, 0.717) is 23.8 Å². The third-order valence-electron chi connectivity index (χ3n) is 10.3. The normalized spacial score (nSPS) is 15.4. The maximum atomic E-state index is 9.84. The SMILES string of the molecule is C=CC1=NC(CC(=C)N(C)c2ccccc2Nc2c(C(C)C)cc(-c3ccccc3)cc2C(C)C)C(CCC(=C)/C=C(/S)CC)c2cc(C#N)ccc21. The lowest BCUT2D eigenvalue weighted by Gasteiger charge is -2.34. The van der Waals surface area contributed by atoms with Gasteiger partial charge >= 0.3 is 0 Å². The number of hydrogen-bond donors (Lipinski definition) is 2. The number of rotatable bonds is 15. The molecule has 5 heteroatoms. The van der Waals surface area contributed by atoms with Crippen molar-refractivity contribution < 1.29 is 0 Å². The fourth-order valence-electron chi connectivity index (χ4n) is 7.26. The summed E-state index contributed by atoms with van der Waals surface area (Å²) in [6.45, 7) is 24.3. The minimum absolute atomic E-state index is 0.0704. The number of hydrogen-bond acceptors (Lipinski definition) is 5. The van der Waals surface area contributed by atoms with E-state index < -0.39 is 0 Å². The number of nitrogens with zero attached hydrogens (tertiary/aromatic N) is 3. The molecular formula is C48H54N4S. The average Bonchev–Trinajstić information content (AvgIpc) is 3.16. The minimum atomic E-state index is -0.0939. The largest absolute Gasteiger partial charge is 0.353 e. The molecule has 5 rings (SSSR count). The predicted molar refractivity (Wildman–Crippen MR) is 232 cm³/mol. The zero-order chi connectivity index (χ0) is 38.2. The van der Waals surface area contributed by atoms with Gasteiger partial charge in [-0.3, -0.25) is 4.99 Å². The summed E-state index contributed by atoms with van der Waals surface area (Å²) in [7, 11) is 2.09. The van der Waals surface area contributed by atoms with Gasteiger partial charge in [0.05, 0.1) is 34.8 Å². The minimum Gasteiger partial charge on any atom is -0.353 e. The Kier molecular flexibility index (Phi) is 13.0. The van der Waals surface area contributed by atoms with Crippen molar-refractivity contribution in [2.75, 3.05) is 17.3 Å². The molecule has 0 aromatic heterocycles. The molecule has 0 fully saturated rings. The van der Waals surface area contributed by atoms with Crippen molar-refractivity contribution >= 4 is 35.4 Å². The number of fused-ring (bicyclic) bond motifs is 1.